The van der Waals surface area contributed by atoms with Crippen LogP contribution in [-0.2, 0) is 0 Å². The second-order valence-corrected chi connectivity index (χ2v) is 4.85. The Morgan fingerprint density at radius 1 is 1.36 bits per heavy atom. The van der Waals surface area contributed by atoms with E-state index < -0.39 is 0 Å². The first kappa shape index (κ1) is 9.05. The lowest BCUT2D eigenvalue weighted by atomic mass is 9.66. The van der Waals surface area contributed by atoms with Gasteiger partial charge in [-0.15, -0.1) is 0 Å². The maximum Gasteiger partial charge on any atom is 0.0466 e. The SMILES string of the molecule is CC(C)(C)C(CO)C1CCC1. The van der Waals surface area contributed by atoms with Crippen molar-refractivity contribution in [2.45, 2.75) is 40.0 Å². The van der Waals surface area contributed by atoms with Crippen molar-refractivity contribution in [3.8, 4) is 0 Å². The third-order valence-corrected chi connectivity index (χ3v) is 3.03. The molecule has 1 N–H and O–H groups in total. The van der Waals surface area contributed by atoms with Crippen molar-refractivity contribution < 1.29 is 5.11 Å². The Morgan fingerprint density at radius 2 is 1.91 bits per heavy atom. The zero-order valence-corrected chi connectivity index (χ0v) is 7.93. The van der Waals surface area contributed by atoms with Crippen LogP contribution in [0.25, 0.3) is 0 Å². The van der Waals surface area contributed by atoms with Crippen LogP contribution in [0.4, 0.5) is 0 Å². The Kier molecular flexibility index (Phi) is 2.58. The van der Waals surface area contributed by atoms with E-state index in [2.05, 4.69) is 20.8 Å². The van der Waals surface area contributed by atoms with Crippen LogP contribution < -0.4 is 0 Å². The van der Waals surface area contributed by atoms with Crippen LogP contribution in [-0.4, -0.2) is 11.7 Å². The van der Waals surface area contributed by atoms with Crippen LogP contribution in [0, 0.1) is 17.3 Å². The molecule has 0 amide bonds. The zero-order chi connectivity index (χ0) is 8.48. The van der Waals surface area contributed by atoms with Crippen molar-refractivity contribution in [2.75, 3.05) is 6.61 Å². The summed E-state index contributed by atoms with van der Waals surface area (Å²) in [5.74, 6) is 1.33. The van der Waals surface area contributed by atoms with E-state index >= 15 is 0 Å². The molecule has 0 heterocycles. The molecule has 1 unspecified atom stereocenters. The number of rotatable bonds is 2. The fraction of sp³-hybridized carbons (Fsp3) is 1.00. The standard InChI is InChI=1S/C10H20O/c1-10(2,3)9(7-11)8-5-4-6-8/h8-9,11H,4-7H2,1-3H3. The Bertz CT molecular complexity index is 119. The lowest BCUT2D eigenvalue weighted by molar-refractivity contribution is 0.0414. The molecule has 0 aromatic heterocycles. The van der Waals surface area contributed by atoms with Crippen LogP contribution >= 0.6 is 0 Å². The normalized spacial score (nSPS) is 22.9. The molecule has 0 bridgehead atoms. The van der Waals surface area contributed by atoms with Crippen molar-refractivity contribution in [1.82, 2.24) is 0 Å². The van der Waals surface area contributed by atoms with Gasteiger partial charge in [-0.2, -0.15) is 0 Å². The Morgan fingerprint density at radius 3 is 2.00 bits per heavy atom. The van der Waals surface area contributed by atoms with Gasteiger partial charge in [0.05, 0.1) is 0 Å². The largest absolute Gasteiger partial charge is 0.396 e. The molecule has 11 heavy (non-hydrogen) atoms. The van der Waals surface area contributed by atoms with Crippen LogP contribution in [0.5, 0.6) is 0 Å². The molecule has 0 radical (unpaired) electrons. The van der Waals surface area contributed by atoms with Gasteiger partial charge in [-0.05, 0) is 17.3 Å². The predicted molar refractivity (Wildman–Crippen MR) is 47.4 cm³/mol. The zero-order valence-electron chi connectivity index (χ0n) is 7.93. The lowest BCUT2D eigenvalue weighted by Gasteiger charge is -2.40. The maximum absolute atomic E-state index is 9.20. The van der Waals surface area contributed by atoms with Crippen LogP contribution in [0.15, 0.2) is 0 Å². The Balaban J connectivity index is 2.48. The van der Waals surface area contributed by atoms with E-state index in [1.807, 2.05) is 0 Å². The molecule has 1 aliphatic rings. The molecule has 0 aromatic carbocycles. The highest BCUT2D eigenvalue weighted by Crippen LogP contribution is 2.41. The molecule has 0 aromatic rings. The average Bonchev–Trinajstić information content (AvgIpc) is 1.74. The minimum Gasteiger partial charge on any atom is -0.396 e. The second kappa shape index (κ2) is 3.14. The molecular weight excluding hydrogens is 136 g/mol. The summed E-state index contributed by atoms with van der Waals surface area (Å²) in [5.41, 5.74) is 0.292. The molecule has 1 nitrogen and oxygen atoms in total. The summed E-state index contributed by atoms with van der Waals surface area (Å²) in [6, 6.07) is 0. The van der Waals surface area contributed by atoms with Crippen LogP contribution in [0.2, 0.25) is 0 Å². The molecule has 1 fully saturated rings. The first-order valence-electron chi connectivity index (χ1n) is 4.66. The maximum atomic E-state index is 9.20. The van der Waals surface area contributed by atoms with Gasteiger partial charge >= 0.3 is 0 Å². The topological polar surface area (TPSA) is 20.2 Å². The number of aliphatic hydroxyl groups excluding tert-OH is 1. The van der Waals surface area contributed by atoms with E-state index in [9.17, 15) is 5.11 Å². The van der Waals surface area contributed by atoms with Crippen LogP contribution in [0.1, 0.15) is 40.0 Å². The van der Waals surface area contributed by atoms with Crippen molar-refractivity contribution in [2.24, 2.45) is 17.3 Å². The van der Waals surface area contributed by atoms with Crippen molar-refractivity contribution in [3.05, 3.63) is 0 Å². The van der Waals surface area contributed by atoms with Gasteiger partial charge in [-0.3, -0.25) is 0 Å². The summed E-state index contributed by atoms with van der Waals surface area (Å²) in [5, 5.41) is 9.20. The summed E-state index contributed by atoms with van der Waals surface area (Å²) >= 11 is 0. The second-order valence-electron chi connectivity index (χ2n) is 4.85. The number of hydrogen-bond donors (Lipinski definition) is 1. The number of aliphatic hydroxyl groups is 1. The molecule has 66 valence electrons. The molecule has 1 rings (SSSR count). The first-order valence-corrected chi connectivity index (χ1v) is 4.66. The quantitative estimate of drug-likeness (QED) is 0.651. The first-order chi connectivity index (χ1) is 5.05. The molecule has 0 spiro atoms. The molecule has 1 atom stereocenters. The molecular formula is C10H20O. The fourth-order valence-corrected chi connectivity index (χ4v) is 1.97. The minimum absolute atomic E-state index is 0.292. The summed E-state index contributed by atoms with van der Waals surface area (Å²) in [6.07, 6.45) is 4.04. The van der Waals surface area contributed by atoms with E-state index in [-0.39, 0.29) is 0 Å². The van der Waals surface area contributed by atoms with Crippen molar-refractivity contribution >= 4 is 0 Å². The van der Waals surface area contributed by atoms with E-state index in [1.165, 1.54) is 19.3 Å². The van der Waals surface area contributed by atoms with Gasteiger partial charge in [-0.25, -0.2) is 0 Å². The summed E-state index contributed by atoms with van der Waals surface area (Å²) in [7, 11) is 0. The fourth-order valence-electron chi connectivity index (χ4n) is 1.97. The smallest absolute Gasteiger partial charge is 0.0466 e. The summed E-state index contributed by atoms with van der Waals surface area (Å²) < 4.78 is 0. The molecule has 1 heteroatoms. The third kappa shape index (κ3) is 1.96. The summed E-state index contributed by atoms with van der Waals surface area (Å²) in [4.78, 5) is 0. The highest BCUT2D eigenvalue weighted by atomic mass is 16.3. The Labute approximate surface area is 69.8 Å². The predicted octanol–water partition coefficient (Wildman–Crippen LogP) is 2.44. The minimum atomic E-state index is 0.292. The van der Waals surface area contributed by atoms with Gasteiger partial charge in [0, 0.05) is 6.61 Å². The van der Waals surface area contributed by atoms with Gasteiger partial charge in [0.25, 0.3) is 0 Å². The average molecular weight is 156 g/mol. The van der Waals surface area contributed by atoms with Gasteiger partial charge in [0.15, 0.2) is 0 Å². The lowest BCUT2D eigenvalue weighted by Crippen LogP contribution is -2.34. The van der Waals surface area contributed by atoms with E-state index in [0.717, 1.165) is 5.92 Å². The van der Waals surface area contributed by atoms with Crippen LogP contribution in [0.3, 0.4) is 0 Å². The summed E-state index contributed by atoms with van der Waals surface area (Å²) in [6.45, 7) is 7.05. The van der Waals surface area contributed by atoms with Gasteiger partial charge in [0.1, 0.15) is 0 Å². The molecule has 1 saturated carbocycles. The monoisotopic (exact) mass is 156 g/mol. The Hall–Kier alpha value is -0.0400. The molecule has 0 aliphatic heterocycles. The van der Waals surface area contributed by atoms with Crippen molar-refractivity contribution in [3.63, 3.8) is 0 Å². The third-order valence-electron chi connectivity index (χ3n) is 3.03. The van der Waals surface area contributed by atoms with E-state index in [1.54, 1.807) is 0 Å². The molecule has 1 aliphatic carbocycles. The van der Waals surface area contributed by atoms with Gasteiger partial charge < -0.3 is 5.11 Å². The van der Waals surface area contributed by atoms with Gasteiger partial charge in [-0.1, -0.05) is 40.0 Å². The van der Waals surface area contributed by atoms with Crippen molar-refractivity contribution in [1.29, 1.82) is 0 Å². The van der Waals surface area contributed by atoms with Gasteiger partial charge in [0.2, 0.25) is 0 Å². The number of hydrogen-bond acceptors (Lipinski definition) is 1. The van der Waals surface area contributed by atoms with E-state index in [0.29, 0.717) is 17.9 Å². The highest BCUT2D eigenvalue weighted by Gasteiger charge is 2.34. The molecule has 0 saturated heterocycles. The highest BCUT2D eigenvalue weighted by molar-refractivity contribution is 4.84. The van der Waals surface area contributed by atoms with E-state index in [4.69, 9.17) is 0 Å².